The van der Waals surface area contributed by atoms with Crippen LogP contribution in [-0.4, -0.2) is 15.7 Å². The Morgan fingerprint density at radius 1 is 1.43 bits per heavy atom. The molecular formula is C10H14ClN3. The van der Waals surface area contributed by atoms with Gasteiger partial charge in [0.1, 0.15) is 5.82 Å². The number of nitrogens with zero attached hydrogens (tertiary/aromatic N) is 2. The van der Waals surface area contributed by atoms with E-state index in [-0.39, 0.29) is 5.54 Å². The smallest absolute Gasteiger partial charge is 0.151 e. The molecule has 1 aliphatic rings. The predicted octanol–water partition coefficient (Wildman–Crippen LogP) is 2.87. The monoisotopic (exact) mass is 211 g/mol. The highest BCUT2D eigenvalue weighted by atomic mass is 35.5. The third-order valence-electron chi connectivity index (χ3n) is 3.01. The van der Waals surface area contributed by atoms with Crippen LogP contribution in [-0.2, 0) is 0 Å². The maximum Gasteiger partial charge on any atom is 0.151 e. The fourth-order valence-electron chi connectivity index (χ4n) is 1.82. The SMILES string of the molecule is CCC1(Nc2ccc(Cl)nn2)CCC1. The highest BCUT2D eigenvalue weighted by Gasteiger charge is 2.35. The van der Waals surface area contributed by atoms with Crippen LogP contribution in [0.1, 0.15) is 32.6 Å². The number of nitrogens with one attached hydrogen (secondary N) is 1. The number of halogens is 1. The molecule has 1 heterocycles. The highest BCUT2D eigenvalue weighted by molar-refractivity contribution is 6.29. The van der Waals surface area contributed by atoms with Gasteiger partial charge in [-0.15, -0.1) is 10.2 Å². The topological polar surface area (TPSA) is 37.8 Å². The van der Waals surface area contributed by atoms with E-state index in [1.54, 1.807) is 6.07 Å². The number of hydrogen-bond donors (Lipinski definition) is 1. The number of anilines is 1. The Hall–Kier alpha value is -0.830. The third-order valence-corrected chi connectivity index (χ3v) is 3.21. The second kappa shape index (κ2) is 3.73. The van der Waals surface area contributed by atoms with Gasteiger partial charge in [-0.1, -0.05) is 18.5 Å². The first-order valence-electron chi connectivity index (χ1n) is 5.01. The van der Waals surface area contributed by atoms with E-state index in [1.807, 2.05) is 6.07 Å². The van der Waals surface area contributed by atoms with E-state index < -0.39 is 0 Å². The van der Waals surface area contributed by atoms with Gasteiger partial charge in [0, 0.05) is 5.54 Å². The van der Waals surface area contributed by atoms with Crippen LogP contribution in [0.25, 0.3) is 0 Å². The van der Waals surface area contributed by atoms with Gasteiger partial charge >= 0.3 is 0 Å². The summed E-state index contributed by atoms with van der Waals surface area (Å²) in [6, 6.07) is 3.64. The molecule has 1 aromatic heterocycles. The first kappa shape index (κ1) is 9.71. The second-order valence-corrected chi connectivity index (χ2v) is 4.24. The van der Waals surface area contributed by atoms with Crippen molar-refractivity contribution in [1.82, 2.24) is 10.2 Å². The van der Waals surface area contributed by atoms with Gasteiger partial charge in [0.15, 0.2) is 5.15 Å². The van der Waals surface area contributed by atoms with Crippen molar-refractivity contribution in [2.24, 2.45) is 0 Å². The van der Waals surface area contributed by atoms with E-state index in [4.69, 9.17) is 11.6 Å². The zero-order chi connectivity index (χ0) is 10.0. The summed E-state index contributed by atoms with van der Waals surface area (Å²) in [6.45, 7) is 2.20. The van der Waals surface area contributed by atoms with E-state index in [2.05, 4.69) is 22.4 Å². The molecule has 4 heteroatoms. The van der Waals surface area contributed by atoms with E-state index in [0.717, 1.165) is 12.2 Å². The van der Waals surface area contributed by atoms with Crippen molar-refractivity contribution in [2.75, 3.05) is 5.32 Å². The Labute approximate surface area is 88.9 Å². The number of rotatable bonds is 3. The minimum atomic E-state index is 0.266. The van der Waals surface area contributed by atoms with Gasteiger partial charge in [-0.05, 0) is 37.8 Å². The number of hydrogen-bond acceptors (Lipinski definition) is 3. The molecule has 0 unspecified atom stereocenters. The lowest BCUT2D eigenvalue weighted by Crippen LogP contribution is -2.44. The standard InChI is InChI=1S/C10H14ClN3/c1-2-10(6-3-7-10)12-9-5-4-8(11)13-14-9/h4-5H,2-3,6-7H2,1H3,(H,12,14). The largest absolute Gasteiger partial charge is 0.363 e. The highest BCUT2D eigenvalue weighted by Crippen LogP contribution is 2.37. The van der Waals surface area contributed by atoms with E-state index in [1.165, 1.54) is 19.3 Å². The molecule has 76 valence electrons. The van der Waals surface area contributed by atoms with Crippen LogP contribution in [0.4, 0.5) is 5.82 Å². The molecule has 0 atom stereocenters. The van der Waals surface area contributed by atoms with Gasteiger partial charge < -0.3 is 5.32 Å². The molecule has 1 saturated carbocycles. The summed E-state index contributed by atoms with van der Waals surface area (Å²) in [5.41, 5.74) is 0.266. The fraction of sp³-hybridized carbons (Fsp3) is 0.600. The molecule has 3 nitrogen and oxygen atoms in total. The van der Waals surface area contributed by atoms with Crippen LogP contribution >= 0.6 is 11.6 Å². The molecule has 0 saturated heterocycles. The van der Waals surface area contributed by atoms with Crippen LogP contribution in [0.3, 0.4) is 0 Å². The Balaban J connectivity index is 2.06. The van der Waals surface area contributed by atoms with Crippen molar-refractivity contribution in [3.8, 4) is 0 Å². The Kier molecular flexibility index (Phi) is 2.59. The Bertz CT molecular complexity index is 300. The van der Waals surface area contributed by atoms with Gasteiger partial charge in [0.2, 0.25) is 0 Å². The molecule has 0 aromatic carbocycles. The molecule has 0 aliphatic heterocycles. The molecule has 0 amide bonds. The minimum absolute atomic E-state index is 0.266. The molecular weight excluding hydrogens is 198 g/mol. The van der Waals surface area contributed by atoms with E-state index in [9.17, 15) is 0 Å². The maximum atomic E-state index is 5.66. The van der Waals surface area contributed by atoms with Crippen molar-refractivity contribution in [3.63, 3.8) is 0 Å². The summed E-state index contributed by atoms with van der Waals surface area (Å²) in [4.78, 5) is 0. The molecule has 2 rings (SSSR count). The summed E-state index contributed by atoms with van der Waals surface area (Å²) < 4.78 is 0. The molecule has 14 heavy (non-hydrogen) atoms. The van der Waals surface area contributed by atoms with Gasteiger partial charge in [-0.2, -0.15) is 0 Å². The van der Waals surface area contributed by atoms with E-state index in [0.29, 0.717) is 5.15 Å². The second-order valence-electron chi connectivity index (χ2n) is 3.85. The lowest BCUT2D eigenvalue weighted by atomic mass is 9.75. The fourth-order valence-corrected chi connectivity index (χ4v) is 1.93. The summed E-state index contributed by atoms with van der Waals surface area (Å²) in [7, 11) is 0. The maximum absolute atomic E-state index is 5.66. The zero-order valence-corrected chi connectivity index (χ0v) is 9.01. The number of aromatic nitrogens is 2. The summed E-state index contributed by atoms with van der Waals surface area (Å²) in [6.07, 6.45) is 4.90. The quantitative estimate of drug-likeness (QED) is 0.836. The van der Waals surface area contributed by atoms with Crippen LogP contribution in [0.2, 0.25) is 5.15 Å². The summed E-state index contributed by atoms with van der Waals surface area (Å²) in [5.74, 6) is 0.830. The van der Waals surface area contributed by atoms with Gasteiger partial charge in [0.25, 0.3) is 0 Å². The van der Waals surface area contributed by atoms with Crippen molar-refractivity contribution >= 4 is 17.4 Å². The van der Waals surface area contributed by atoms with Crippen LogP contribution in [0.15, 0.2) is 12.1 Å². The molecule has 0 radical (unpaired) electrons. The third kappa shape index (κ3) is 1.82. The van der Waals surface area contributed by atoms with E-state index >= 15 is 0 Å². The molecule has 0 bridgehead atoms. The van der Waals surface area contributed by atoms with Crippen molar-refractivity contribution in [3.05, 3.63) is 17.3 Å². The average molecular weight is 212 g/mol. The predicted molar refractivity (Wildman–Crippen MR) is 57.5 cm³/mol. The molecule has 1 aromatic rings. The Morgan fingerprint density at radius 3 is 2.64 bits per heavy atom. The van der Waals surface area contributed by atoms with Crippen molar-refractivity contribution in [2.45, 2.75) is 38.1 Å². The van der Waals surface area contributed by atoms with Crippen LogP contribution in [0, 0.1) is 0 Å². The lowest BCUT2D eigenvalue weighted by molar-refractivity contribution is 0.268. The van der Waals surface area contributed by atoms with Crippen LogP contribution < -0.4 is 5.32 Å². The average Bonchev–Trinajstić information content (AvgIpc) is 2.15. The molecule has 0 spiro atoms. The first-order valence-corrected chi connectivity index (χ1v) is 5.39. The summed E-state index contributed by atoms with van der Waals surface area (Å²) >= 11 is 5.66. The van der Waals surface area contributed by atoms with Crippen LogP contribution in [0.5, 0.6) is 0 Å². The molecule has 1 aliphatic carbocycles. The first-order chi connectivity index (χ1) is 6.74. The summed E-state index contributed by atoms with van der Waals surface area (Å²) in [5, 5.41) is 11.7. The molecule has 1 N–H and O–H groups in total. The Morgan fingerprint density at radius 2 is 2.21 bits per heavy atom. The normalized spacial score (nSPS) is 18.7. The minimum Gasteiger partial charge on any atom is -0.363 e. The molecule has 1 fully saturated rings. The zero-order valence-electron chi connectivity index (χ0n) is 8.26. The van der Waals surface area contributed by atoms with Gasteiger partial charge in [0.05, 0.1) is 0 Å². The van der Waals surface area contributed by atoms with Gasteiger partial charge in [-0.25, -0.2) is 0 Å². The van der Waals surface area contributed by atoms with Gasteiger partial charge in [-0.3, -0.25) is 0 Å². The lowest BCUT2D eigenvalue weighted by Gasteiger charge is -2.42. The van der Waals surface area contributed by atoms with Crippen molar-refractivity contribution < 1.29 is 0 Å². The van der Waals surface area contributed by atoms with Crippen molar-refractivity contribution in [1.29, 1.82) is 0 Å².